The summed E-state index contributed by atoms with van der Waals surface area (Å²) in [6.45, 7) is 0. The van der Waals surface area contributed by atoms with Gasteiger partial charge in [-0.2, -0.15) is 0 Å². The molecule has 1 aliphatic heterocycles. The van der Waals surface area contributed by atoms with E-state index < -0.39 is 0 Å². The largest absolute Gasteiger partial charge is 0.496 e. The summed E-state index contributed by atoms with van der Waals surface area (Å²) in [5, 5.41) is 8.39. The molecule has 1 aliphatic rings. The molecule has 0 fully saturated rings. The van der Waals surface area contributed by atoms with E-state index in [0.29, 0.717) is 11.6 Å². The number of hydrogen-bond donors (Lipinski definition) is 0. The quantitative estimate of drug-likeness (QED) is 0.829. The molecule has 0 bridgehead atoms. The molecule has 2 aromatic rings. The number of benzene rings is 1. The molecule has 92 valence electrons. The van der Waals surface area contributed by atoms with E-state index in [1.807, 2.05) is 24.3 Å². The van der Waals surface area contributed by atoms with Gasteiger partial charge >= 0.3 is 0 Å². The summed E-state index contributed by atoms with van der Waals surface area (Å²) in [6.07, 6.45) is 1.89. The van der Waals surface area contributed by atoms with Crippen LogP contribution in [0, 0.1) is 0 Å². The molecule has 6 heteroatoms. The summed E-state index contributed by atoms with van der Waals surface area (Å²) in [7, 11) is 1.64. The maximum absolute atomic E-state index is 12.0. The normalized spacial score (nSPS) is 18.5. The van der Waals surface area contributed by atoms with Crippen molar-refractivity contribution in [3.05, 3.63) is 36.2 Å². The lowest BCUT2D eigenvalue weighted by atomic mass is 10.1. The average Bonchev–Trinajstić information content (AvgIpc) is 2.87. The average molecular weight is 261 g/mol. The first-order valence-corrected chi connectivity index (χ1v) is 6.40. The van der Waals surface area contributed by atoms with Gasteiger partial charge in [0.1, 0.15) is 12.1 Å². The first kappa shape index (κ1) is 11.3. The Morgan fingerprint density at radius 1 is 1.44 bits per heavy atom. The van der Waals surface area contributed by atoms with Crippen LogP contribution in [0.3, 0.4) is 0 Å². The van der Waals surface area contributed by atoms with Crippen LogP contribution in [0.5, 0.6) is 5.75 Å². The third-order valence-corrected chi connectivity index (χ3v) is 4.07. The number of fused-ring (bicyclic) bond motifs is 1. The number of hydrogen-bond acceptors (Lipinski definition) is 5. The van der Waals surface area contributed by atoms with Crippen molar-refractivity contribution in [1.29, 1.82) is 0 Å². The lowest BCUT2D eigenvalue weighted by Gasteiger charge is -2.22. The fraction of sp³-hybridized carbons (Fsp3) is 0.250. The van der Waals surface area contributed by atoms with Gasteiger partial charge in [-0.3, -0.25) is 4.79 Å². The lowest BCUT2D eigenvalue weighted by molar-refractivity contribution is 0.0885. The van der Waals surface area contributed by atoms with Gasteiger partial charge < -0.3 is 4.74 Å². The Morgan fingerprint density at radius 3 is 3.11 bits per heavy atom. The molecule has 0 amide bonds. The molecule has 0 saturated heterocycles. The zero-order chi connectivity index (χ0) is 12.5. The van der Waals surface area contributed by atoms with Gasteiger partial charge in [-0.25, -0.2) is 4.57 Å². The number of methoxy groups -OCH3 is 1. The van der Waals surface area contributed by atoms with E-state index in [9.17, 15) is 4.79 Å². The number of aromatic nitrogens is 3. The number of ether oxygens (including phenoxy) is 1. The Labute approximate surface area is 108 Å². The molecule has 3 rings (SSSR count). The van der Waals surface area contributed by atoms with Crippen LogP contribution in [-0.4, -0.2) is 27.8 Å². The predicted octanol–water partition coefficient (Wildman–Crippen LogP) is 2.16. The van der Waals surface area contributed by atoms with Crippen molar-refractivity contribution in [2.75, 3.05) is 7.11 Å². The SMILES string of the molecule is COc1ccccc1C1CC(=O)n2cnnc2S1. The molecule has 0 radical (unpaired) electrons. The van der Waals surface area contributed by atoms with Crippen molar-refractivity contribution >= 4 is 17.7 Å². The Kier molecular flexibility index (Phi) is 2.79. The molecule has 5 nitrogen and oxygen atoms in total. The second kappa shape index (κ2) is 4.45. The minimum absolute atomic E-state index is 0.0182. The number of nitrogens with zero attached hydrogens (tertiary/aromatic N) is 3. The van der Waals surface area contributed by atoms with Crippen LogP contribution in [0.25, 0.3) is 0 Å². The van der Waals surface area contributed by atoms with Crippen molar-refractivity contribution in [3.63, 3.8) is 0 Å². The number of carbonyl (C=O) groups is 1. The molecule has 0 saturated carbocycles. The van der Waals surface area contributed by atoms with Crippen LogP contribution in [0.15, 0.2) is 35.7 Å². The third kappa shape index (κ3) is 1.78. The summed E-state index contributed by atoms with van der Waals surface area (Å²) in [6, 6.07) is 7.75. The number of thioether (sulfide) groups is 1. The Bertz CT molecular complexity index is 597. The topological polar surface area (TPSA) is 57.0 Å². The van der Waals surface area contributed by atoms with Gasteiger partial charge in [-0.1, -0.05) is 30.0 Å². The van der Waals surface area contributed by atoms with Crippen LogP contribution in [0.4, 0.5) is 0 Å². The van der Waals surface area contributed by atoms with E-state index in [1.165, 1.54) is 22.7 Å². The smallest absolute Gasteiger partial charge is 0.235 e. The Morgan fingerprint density at radius 2 is 2.28 bits per heavy atom. The van der Waals surface area contributed by atoms with E-state index in [4.69, 9.17) is 4.74 Å². The van der Waals surface area contributed by atoms with Gasteiger partial charge in [0.15, 0.2) is 5.16 Å². The van der Waals surface area contributed by atoms with Crippen molar-refractivity contribution in [2.45, 2.75) is 16.8 Å². The fourth-order valence-electron chi connectivity index (χ4n) is 2.01. The van der Waals surface area contributed by atoms with Gasteiger partial charge in [0.2, 0.25) is 5.91 Å². The summed E-state index contributed by atoms with van der Waals surface area (Å²) >= 11 is 1.54. The fourth-order valence-corrected chi connectivity index (χ4v) is 3.17. The highest BCUT2D eigenvalue weighted by Gasteiger charge is 2.29. The monoisotopic (exact) mass is 261 g/mol. The van der Waals surface area contributed by atoms with Gasteiger partial charge in [-0.05, 0) is 6.07 Å². The predicted molar refractivity (Wildman–Crippen MR) is 66.9 cm³/mol. The van der Waals surface area contributed by atoms with Gasteiger partial charge in [0.05, 0.1) is 7.11 Å². The van der Waals surface area contributed by atoms with Crippen molar-refractivity contribution < 1.29 is 9.53 Å². The van der Waals surface area contributed by atoms with Crippen molar-refractivity contribution in [2.24, 2.45) is 0 Å². The van der Waals surface area contributed by atoms with Gasteiger partial charge in [-0.15, -0.1) is 10.2 Å². The molecule has 0 N–H and O–H groups in total. The minimum Gasteiger partial charge on any atom is -0.496 e. The molecule has 1 unspecified atom stereocenters. The lowest BCUT2D eigenvalue weighted by Crippen LogP contribution is -2.19. The summed E-state index contributed by atoms with van der Waals surface area (Å²) < 4.78 is 6.83. The zero-order valence-electron chi connectivity index (χ0n) is 9.74. The second-order valence-corrected chi connectivity index (χ2v) is 5.10. The number of rotatable bonds is 2. The Balaban J connectivity index is 1.98. The second-order valence-electron chi connectivity index (χ2n) is 3.93. The van der Waals surface area contributed by atoms with E-state index in [2.05, 4.69) is 10.2 Å². The molecule has 0 aliphatic carbocycles. The highest BCUT2D eigenvalue weighted by atomic mass is 32.2. The van der Waals surface area contributed by atoms with Crippen LogP contribution in [0.2, 0.25) is 0 Å². The summed E-state index contributed by atoms with van der Waals surface area (Å²) in [4.78, 5) is 12.0. The van der Waals surface area contributed by atoms with E-state index in [-0.39, 0.29) is 11.2 Å². The summed E-state index contributed by atoms with van der Waals surface area (Å²) in [5.74, 6) is 0.820. The van der Waals surface area contributed by atoms with Crippen molar-refractivity contribution in [3.8, 4) is 5.75 Å². The molecule has 1 aromatic carbocycles. The molecule has 1 atom stereocenters. The molecule has 2 heterocycles. The van der Waals surface area contributed by atoms with Crippen LogP contribution >= 0.6 is 11.8 Å². The van der Waals surface area contributed by atoms with Crippen LogP contribution in [-0.2, 0) is 0 Å². The van der Waals surface area contributed by atoms with Gasteiger partial charge in [0.25, 0.3) is 0 Å². The molecule has 1 aromatic heterocycles. The highest BCUT2D eigenvalue weighted by Crippen LogP contribution is 2.43. The minimum atomic E-state index is 0.0182. The van der Waals surface area contributed by atoms with Crippen molar-refractivity contribution in [1.82, 2.24) is 14.8 Å². The first-order valence-electron chi connectivity index (χ1n) is 5.52. The maximum atomic E-state index is 12.0. The van der Waals surface area contributed by atoms with E-state index in [0.717, 1.165) is 11.3 Å². The number of para-hydroxylation sites is 1. The van der Waals surface area contributed by atoms with Crippen LogP contribution < -0.4 is 4.74 Å². The standard InChI is InChI=1S/C12H11N3O2S/c1-17-9-5-3-2-4-8(9)10-6-11(16)15-7-13-14-12(15)18-10/h2-5,7,10H,6H2,1H3. The first-order chi connectivity index (χ1) is 8.79. The highest BCUT2D eigenvalue weighted by molar-refractivity contribution is 7.99. The number of carbonyl (C=O) groups excluding carboxylic acids is 1. The molecule has 0 spiro atoms. The van der Waals surface area contributed by atoms with E-state index >= 15 is 0 Å². The van der Waals surface area contributed by atoms with Gasteiger partial charge in [0, 0.05) is 17.2 Å². The van der Waals surface area contributed by atoms with Crippen LogP contribution in [0.1, 0.15) is 22.0 Å². The third-order valence-electron chi connectivity index (χ3n) is 2.88. The molecule has 18 heavy (non-hydrogen) atoms. The summed E-state index contributed by atoms with van der Waals surface area (Å²) in [5.41, 5.74) is 1.02. The maximum Gasteiger partial charge on any atom is 0.235 e. The van der Waals surface area contributed by atoms with E-state index in [1.54, 1.807) is 7.11 Å². The molecular weight excluding hydrogens is 250 g/mol. The Hall–Kier alpha value is -1.82. The molecular formula is C12H11N3O2S. The zero-order valence-corrected chi connectivity index (χ0v) is 10.6.